The molecule has 0 aromatic carbocycles. The number of likely N-dealkylation sites (tertiary alicyclic amines) is 1. The summed E-state index contributed by atoms with van der Waals surface area (Å²) in [6.07, 6.45) is 2.23. The Morgan fingerprint density at radius 2 is 2.00 bits per heavy atom. The van der Waals surface area contributed by atoms with Crippen molar-refractivity contribution in [2.45, 2.75) is 45.8 Å². The fourth-order valence-electron chi connectivity index (χ4n) is 2.97. The predicted octanol–water partition coefficient (Wildman–Crippen LogP) is 1.30. The van der Waals surface area contributed by atoms with E-state index in [1.807, 2.05) is 0 Å². The average Bonchev–Trinajstić information content (AvgIpc) is 2.79. The Morgan fingerprint density at radius 3 is 2.48 bits per heavy atom. The van der Waals surface area contributed by atoms with Gasteiger partial charge in [-0.2, -0.15) is 0 Å². The quantitative estimate of drug-likeness (QED) is 0.715. The third kappa shape index (κ3) is 3.37. The Hall–Kier alpha value is -1.56. The highest BCUT2D eigenvalue weighted by Crippen LogP contribution is 2.30. The highest BCUT2D eigenvalue weighted by molar-refractivity contribution is 5.83. The SMILES string of the molecule is CC(C)(C)C1=CCN(C(=O)N2CC(O)CC2C(=O)O)CC1. The molecule has 0 bridgehead atoms. The normalized spacial score (nSPS) is 26.8. The first-order valence-electron chi connectivity index (χ1n) is 7.36. The summed E-state index contributed by atoms with van der Waals surface area (Å²) < 4.78 is 0. The van der Waals surface area contributed by atoms with Gasteiger partial charge in [0, 0.05) is 26.1 Å². The molecule has 2 heterocycles. The van der Waals surface area contributed by atoms with E-state index in [2.05, 4.69) is 26.8 Å². The summed E-state index contributed by atoms with van der Waals surface area (Å²) in [5.74, 6) is -1.05. The molecule has 0 aromatic rings. The predicted molar refractivity (Wildman–Crippen MR) is 77.9 cm³/mol. The van der Waals surface area contributed by atoms with Gasteiger partial charge in [0.2, 0.25) is 0 Å². The molecule has 0 aromatic heterocycles. The monoisotopic (exact) mass is 296 g/mol. The van der Waals surface area contributed by atoms with Crippen LogP contribution in [0.1, 0.15) is 33.6 Å². The first-order chi connectivity index (χ1) is 9.70. The van der Waals surface area contributed by atoms with E-state index in [0.29, 0.717) is 13.1 Å². The maximum absolute atomic E-state index is 12.5. The molecule has 1 fully saturated rings. The zero-order valence-corrected chi connectivity index (χ0v) is 12.9. The topological polar surface area (TPSA) is 81.1 Å². The fraction of sp³-hybridized carbons (Fsp3) is 0.733. The molecule has 6 heteroatoms. The van der Waals surface area contributed by atoms with Gasteiger partial charge in [-0.05, 0) is 11.8 Å². The van der Waals surface area contributed by atoms with E-state index in [4.69, 9.17) is 5.11 Å². The van der Waals surface area contributed by atoms with Crippen LogP contribution < -0.4 is 0 Å². The molecule has 2 aliphatic heterocycles. The number of carbonyl (C=O) groups excluding carboxylic acids is 1. The lowest BCUT2D eigenvalue weighted by Crippen LogP contribution is -2.49. The largest absolute Gasteiger partial charge is 0.480 e. The molecule has 1 saturated heterocycles. The average molecular weight is 296 g/mol. The molecule has 21 heavy (non-hydrogen) atoms. The number of rotatable bonds is 1. The van der Waals surface area contributed by atoms with E-state index in [0.717, 1.165) is 6.42 Å². The Kier molecular flexibility index (Phi) is 4.27. The number of aliphatic hydroxyl groups excluding tert-OH is 1. The molecular weight excluding hydrogens is 272 g/mol. The lowest BCUT2D eigenvalue weighted by Gasteiger charge is -2.35. The second kappa shape index (κ2) is 5.67. The Balaban J connectivity index is 2.05. The van der Waals surface area contributed by atoms with Crippen molar-refractivity contribution in [2.24, 2.45) is 5.41 Å². The lowest BCUT2D eigenvalue weighted by molar-refractivity contribution is -0.141. The molecule has 118 valence electrons. The zero-order valence-electron chi connectivity index (χ0n) is 12.9. The number of urea groups is 1. The fourth-order valence-corrected chi connectivity index (χ4v) is 2.97. The molecule has 2 aliphatic rings. The van der Waals surface area contributed by atoms with Crippen LogP contribution in [0, 0.1) is 5.41 Å². The van der Waals surface area contributed by atoms with Crippen LogP contribution in [0.2, 0.25) is 0 Å². The molecule has 2 unspecified atom stereocenters. The first kappa shape index (κ1) is 15.8. The molecule has 0 spiro atoms. The third-order valence-electron chi connectivity index (χ3n) is 4.25. The van der Waals surface area contributed by atoms with Crippen molar-refractivity contribution in [1.29, 1.82) is 0 Å². The van der Waals surface area contributed by atoms with Gasteiger partial charge in [0.05, 0.1) is 6.10 Å². The van der Waals surface area contributed by atoms with Crippen LogP contribution in [0.4, 0.5) is 4.79 Å². The molecular formula is C15H24N2O4. The summed E-state index contributed by atoms with van der Waals surface area (Å²) in [5.41, 5.74) is 1.42. The molecule has 0 aliphatic carbocycles. The number of aliphatic carboxylic acids is 1. The van der Waals surface area contributed by atoms with Crippen molar-refractivity contribution in [3.05, 3.63) is 11.6 Å². The number of amides is 2. The van der Waals surface area contributed by atoms with Gasteiger partial charge in [0.1, 0.15) is 6.04 Å². The minimum Gasteiger partial charge on any atom is -0.480 e. The molecule has 2 N–H and O–H groups in total. The summed E-state index contributed by atoms with van der Waals surface area (Å²) in [4.78, 5) is 26.6. The summed E-state index contributed by atoms with van der Waals surface area (Å²) in [7, 11) is 0. The Bertz CT molecular complexity index is 467. The molecule has 0 radical (unpaired) electrons. The van der Waals surface area contributed by atoms with E-state index in [1.54, 1.807) is 4.90 Å². The lowest BCUT2D eigenvalue weighted by atomic mass is 9.83. The Morgan fingerprint density at radius 1 is 1.33 bits per heavy atom. The number of hydrogen-bond acceptors (Lipinski definition) is 3. The van der Waals surface area contributed by atoms with Crippen molar-refractivity contribution in [3.63, 3.8) is 0 Å². The number of hydrogen-bond donors (Lipinski definition) is 2. The van der Waals surface area contributed by atoms with Gasteiger partial charge in [-0.1, -0.05) is 32.4 Å². The number of nitrogens with zero attached hydrogens (tertiary/aromatic N) is 2. The minimum atomic E-state index is -1.05. The smallest absolute Gasteiger partial charge is 0.326 e. The van der Waals surface area contributed by atoms with Crippen molar-refractivity contribution >= 4 is 12.0 Å². The number of carboxylic acids is 1. The van der Waals surface area contributed by atoms with Crippen molar-refractivity contribution < 1.29 is 19.8 Å². The van der Waals surface area contributed by atoms with Crippen LogP contribution in [-0.2, 0) is 4.79 Å². The van der Waals surface area contributed by atoms with E-state index in [1.165, 1.54) is 10.5 Å². The second-order valence-electron chi connectivity index (χ2n) is 6.85. The van der Waals surface area contributed by atoms with E-state index < -0.39 is 18.1 Å². The minimum absolute atomic E-state index is 0.0993. The highest BCUT2D eigenvalue weighted by Gasteiger charge is 2.40. The van der Waals surface area contributed by atoms with Crippen LogP contribution in [0.25, 0.3) is 0 Å². The molecule has 6 nitrogen and oxygen atoms in total. The van der Waals surface area contributed by atoms with Crippen LogP contribution >= 0.6 is 0 Å². The van der Waals surface area contributed by atoms with Gasteiger partial charge in [0.15, 0.2) is 0 Å². The molecule has 2 amide bonds. The first-order valence-corrected chi connectivity index (χ1v) is 7.36. The van der Waals surface area contributed by atoms with Gasteiger partial charge >= 0.3 is 12.0 Å². The summed E-state index contributed by atoms with van der Waals surface area (Å²) in [6, 6.07) is -1.20. The molecule has 2 atom stereocenters. The number of aliphatic hydroxyl groups is 1. The second-order valence-corrected chi connectivity index (χ2v) is 6.85. The zero-order chi connectivity index (χ0) is 15.8. The van der Waals surface area contributed by atoms with Crippen molar-refractivity contribution in [2.75, 3.05) is 19.6 Å². The number of carbonyl (C=O) groups is 2. The number of β-amino-alcohol motifs (C(OH)–C–C–N with tert-alkyl or cyclic N) is 1. The van der Waals surface area contributed by atoms with Crippen LogP contribution in [0.15, 0.2) is 11.6 Å². The van der Waals surface area contributed by atoms with Gasteiger partial charge in [-0.3, -0.25) is 0 Å². The standard InChI is InChI=1S/C15H24N2O4/c1-15(2,3)10-4-6-16(7-5-10)14(21)17-9-11(18)8-12(17)13(19)20/h4,11-12,18H,5-9H2,1-3H3,(H,19,20). The maximum Gasteiger partial charge on any atom is 0.326 e. The summed E-state index contributed by atoms with van der Waals surface area (Å²) in [5, 5.41) is 18.8. The van der Waals surface area contributed by atoms with Crippen LogP contribution in [0.3, 0.4) is 0 Å². The molecule has 2 rings (SSSR count). The van der Waals surface area contributed by atoms with Gasteiger partial charge in [-0.15, -0.1) is 0 Å². The summed E-state index contributed by atoms with van der Waals surface area (Å²) >= 11 is 0. The van der Waals surface area contributed by atoms with Crippen molar-refractivity contribution in [1.82, 2.24) is 9.80 Å². The van der Waals surface area contributed by atoms with Crippen molar-refractivity contribution in [3.8, 4) is 0 Å². The number of carboxylic acid groups (broad SMARTS) is 1. The third-order valence-corrected chi connectivity index (χ3v) is 4.25. The Labute approximate surface area is 125 Å². The summed E-state index contributed by atoms with van der Waals surface area (Å²) in [6.45, 7) is 7.64. The highest BCUT2D eigenvalue weighted by atomic mass is 16.4. The van der Waals surface area contributed by atoms with E-state index in [-0.39, 0.29) is 24.4 Å². The van der Waals surface area contributed by atoms with Gasteiger partial charge in [-0.25, -0.2) is 9.59 Å². The van der Waals surface area contributed by atoms with E-state index in [9.17, 15) is 14.7 Å². The van der Waals surface area contributed by atoms with Crippen LogP contribution in [0.5, 0.6) is 0 Å². The van der Waals surface area contributed by atoms with Crippen LogP contribution in [-0.4, -0.2) is 63.8 Å². The van der Waals surface area contributed by atoms with Gasteiger partial charge in [0.25, 0.3) is 0 Å². The maximum atomic E-state index is 12.5. The van der Waals surface area contributed by atoms with Gasteiger partial charge < -0.3 is 20.0 Å². The van der Waals surface area contributed by atoms with E-state index >= 15 is 0 Å². The molecule has 0 saturated carbocycles.